The number of rotatable bonds is 9. The van der Waals surface area contributed by atoms with E-state index in [0.29, 0.717) is 17.9 Å². The number of nitrogens with one attached hydrogen (secondary N) is 2. The maximum atomic E-state index is 12.0. The predicted octanol–water partition coefficient (Wildman–Crippen LogP) is 1.41. The molecule has 1 aromatic rings. The summed E-state index contributed by atoms with van der Waals surface area (Å²) in [4.78, 5) is 46.2. The second kappa shape index (κ2) is 11.5. The Morgan fingerprint density at radius 1 is 1.11 bits per heavy atom. The lowest BCUT2D eigenvalue weighted by Crippen LogP contribution is -2.41. The molecule has 0 aliphatic rings. The van der Waals surface area contributed by atoms with Gasteiger partial charge in [-0.1, -0.05) is 13.3 Å². The third-order valence-electron chi connectivity index (χ3n) is 3.36. The normalized spacial score (nSPS) is 11.1. The molecule has 0 radical (unpaired) electrons. The van der Waals surface area contributed by atoms with Crippen LogP contribution >= 0.6 is 0 Å². The molecule has 9 heteroatoms. The molecule has 0 aliphatic carbocycles. The fourth-order valence-corrected chi connectivity index (χ4v) is 1.84. The number of unbranched alkanes of at least 4 members (excludes halogenated alkanes) is 1. The summed E-state index contributed by atoms with van der Waals surface area (Å²) in [6.07, 6.45) is -0.202. The van der Waals surface area contributed by atoms with Crippen LogP contribution in [0.3, 0.4) is 0 Å². The van der Waals surface area contributed by atoms with Crippen LogP contribution in [0.15, 0.2) is 24.3 Å². The summed E-state index contributed by atoms with van der Waals surface area (Å²) in [7, 11) is 1.10. The number of benzene rings is 1. The van der Waals surface area contributed by atoms with E-state index in [0.717, 1.165) is 20.0 Å². The standard InChI is InChI=1S/C18H24N2O7/c1-4-5-10-26-14-8-6-13(7-9-14)17(23)19-11-15(21)27-12(2)16(22)20-18(24)25-3/h6-9,12H,4-5,10-11H2,1-3H3,(H,19,23)(H,20,22,24)/t12-/m0/s1. The third kappa shape index (κ3) is 8.21. The van der Waals surface area contributed by atoms with Gasteiger partial charge in [-0.25, -0.2) is 4.79 Å². The first kappa shape index (κ1) is 21.9. The molecule has 0 unspecified atom stereocenters. The highest BCUT2D eigenvalue weighted by atomic mass is 16.6. The minimum atomic E-state index is -1.21. The summed E-state index contributed by atoms with van der Waals surface area (Å²) in [5, 5.41) is 4.26. The van der Waals surface area contributed by atoms with Crippen molar-refractivity contribution in [3.05, 3.63) is 29.8 Å². The number of methoxy groups -OCH3 is 1. The highest BCUT2D eigenvalue weighted by Crippen LogP contribution is 2.12. The largest absolute Gasteiger partial charge is 0.494 e. The molecule has 0 aliphatic heterocycles. The molecular weight excluding hydrogens is 356 g/mol. The maximum absolute atomic E-state index is 12.0. The van der Waals surface area contributed by atoms with Crippen molar-refractivity contribution in [2.45, 2.75) is 32.8 Å². The zero-order valence-electron chi connectivity index (χ0n) is 15.6. The van der Waals surface area contributed by atoms with Crippen LogP contribution in [-0.2, 0) is 19.1 Å². The second-order valence-electron chi connectivity index (χ2n) is 5.52. The second-order valence-corrected chi connectivity index (χ2v) is 5.52. The molecule has 2 N–H and O–H groups in total. The topological polar surface area (TPSA) is 120 Å². The molecule has 0 spiro atoms. The molecule has 0 heterocycles. The van der Waals surface area contributed by atoms with Crippen molar-refractivity contribution in [2.24, 2.45) is 0 Å². The van der Waals surface area contributed by atoms with Crippen molar-refractivity contribution in [1.29, 1.82) is 0 Å². The number of hydrogen-bond acceptors (Lipinski definition) is 7. The van der Waals surface area contributed by atoms with Gasteiger partial charge in [0.2, 0.25) is 0 Å². The number of alkyl carbamates (subject to hydrolysis) is 1. The Morgan fingerprint density at radius 2 is 1.78 bits per heavy atom. The Bertz CT molecular complexity index is 658. The molecule has 1 rings (SSSR count). The fraction of sp³-hybridized carbons (Fsp3) is 0.444. The Morgan fingerprint density at radius 3 is 2.37 bits per heavy atom. The molecule has 0 fully saturated rings. The highest BCUT2D eigenvalue weighted by molar-refractivity contribution is 5.97. The summed E-state index contributed by atoms with van der Waals surface area (Å²) < 4.78 is 14.6. The maximum Gasteiger partial charge on any atom is 0.413 e. The van der Waals surface area contributed by atoms with Crippen LogP contribution in [0, 0.1) is 0 Å². The molecule has 0 saturated carbocycles. The lowest BCUT2D eigenvalue weighted by atomic mass is 10.2. The Kier molecular flexibility index (Phi) is 9.35. The molecule has 0 aromatic heterocycles. The molecule has 148 valence electrons. The fourth-order valence-electron chi connectivity index (χ4n) is 1.84. The van der Waals surface area contributed by atoms with E-state index in [1.807, 2.05) is 5.32 Å². The molecule has 9 nitrogen and oxygen atoms in total. The van der Waals surface area contributed by atoms with Gasteiger partial charge in [0.25, 0.3) is 11.8 Å². The van der Waals surface area contributed by atoms with E-state index in [-0.39, 0.29) is 0 Å². The van der Waals surface area contributed by atoms with Gasteiger partial charge in [0.05, 0.1) is 13.7 Å². The van der Waals surface area contributed by atoms with E-state index < -0.39 is 36.5 Å². The quantitative estimate of drug-likeness (QED) is 0.491. The molecule has 1 atom stereocenters. The number of esters is 1. The van der Waals surface area contributed by atoms with Crippen LogP contribution < -0.4 is 15.4 Å². The van der Waals surface area contributed by atoms with Crippen LogP contribution in [-0.4, -0.2) is 50.2 Å². The van der Waals surface area contributed by atoms with Crippen LogP contribution in [0.4, 0.5) is 4.79 Å². The summed E-state index contributed by atoms with van der Waals surface area (Å²) >= 11 is 0. The van der Waals surface area contributed by atoms with Gasteiger partial charge >= 0.3 is 12.1 Å². The smallest absolute Gasteiger partial charge is 0.413 e. The Hall–Kier alpha value is -3.10. The molecular formula is C18H24N2O7. The molecule has 1 aromatic carbocycles. The van der Waals surface area contributed by atoms with Crippen LogP contribution in [0.1, 0.15) is 37.0 Å². The first-order valence-electron chi connectivity index (χ1n) is 8.46. The number of imide groups is 1. The van der Waals surface area contributed by atoms with E-state index in [1.165, 1.54) is 6.92 Å². The third-order valence-corrected chi connectivity index (χ3v) is 3.36. The van der Waals surface area contributed by atoms with Crippen molar-refractivity contribution >= 4 is 23.9 Å². The lowest BCUT2D eigenvalue weighted by Gasteiger charge is -2.12. The summed E-state index contributed by atoms with van der Waals surface area (Å²) in [5.41, 5.74) is 0.349. The van der Waals surface area contributed by atoms with Gasteiger partial charge < -0.3 is 19.5 Å². The van der Waals surface area contributed by atoms with Crippen LogP contribution in [0.25, 0.3) is 0 Å². The molecule has 0 bridgehead atoms. The van der Waals surface area contributed by atoms with Gasteiger partial charge in [0.15, 0.2) is 6.10 Å². The van der Waals surface area contributed by atoms with Crippen molar-refractivity contribution < 1.29 is 33.4 Å². The molecule has 0 saturated heterocycles. The van der Waals surface area contributed by atoms with E-state index in [2.05, 4.69) is 17.0 Å². The first-order chi connectivity index (χ1) is 12.9. The minimum Gasteiger partial charge on any atom is -0.494 e. The number of carbonyl (C=O) groups excluding carboxylic acids is 4. The number of amides is 3. The van der Waals surface area contributed by atoms with E-state index in [1.54, 1.807) is 24.3 Å². The van der Waals surface area contributed by atoms with Gasteiger partial charge in [-0.05, 0) is 37.6 Å². The summed E-state index contributed by atoms with van der Waals surface area (Å²) in [6.45, 7) is 3.53. The van der Waals surface area contributed by atoms with Crippen LogP contribution in [0.5, 0.6) is 5.75 Å². The van der Waals surface area contributed by atoms with Gasteiger partial charge in [-0.3, -0.25) is 19.7 Å². The Labute approximate surface area is 157 Å². The minimum absolute atomic E-state index is 0.349. The summed E-state index contributed by atoms with van der Waals surface area (Å²) in [5.74, 6) is -1.47. The van der Waals surface area contributed by atoms with Gasteiger partial charge in [0.1, 0.15) is 12.3 Å². The average molecular weight is 380 g/mol. The monoisotopic (exact) mass is 380 g/mol. The van der Waals surface area contributed by atoms with Crippen molar-refractivity contribution in [3.63, 3.8) is 0 Å². The SMILES string of the molecule is CCCCOc1ccc(C(=O)NCC(=O)O[C@@H](C)C(=O)NC(=O)OC)cc1. The Balaban J connectivity index is 2.41. The van der Waals surface area contributed by atoms with Crippen molar-refractivity contribution in [3.8, 4) is 5.75 Å². The van der Waals surface area contributed by atoms with Crippen molar-refractivity contribution in [1.82, 2.24) is 10.6 Å². The van der Waals surface area contributed by atoms with E-state index in [4.69, 9.17) is 9.47 Å². The van der Waals surface area contributed by atoms with Crippen molar-refractivity contribution in [2.75, 3.05) is 20.3 Å². The number of ether oxygens (including phenoxy) is 3. The predicted molar refractivity (Wildman–Crippen MR) is 95.3 cm³/mol. The zero-order chi connectivity index (χ0) is 20.2. The average Bonchev–Trinajstić information content (AvgIpc) is 2.66. The zero-order valence-corrected chi connectivity index (χ0v) is 15.6. The van der Waals surface area contributed by atoms with E-state index >= 15 is 0 Å². The molecule has 27 heavy (non-hydrogen) atoms. The van der Waals surface area contributed by atoms with E-state index in [9.17, 15) is 19.2 Å². The van der Waals surface area contributed by atoms with Gasteiger partial charge in [-0.2, -0.15) is 0 Å². The number of carbonyl (C=O) groups is 4. The number of hydrogen-bond donors (Lipinski definition) is 2. The highest BCUT2D eigenvalue weighted by Gasteiger charge is 2.20. The first-order valence-corrected chi connectivity index (χ1v) is 8.46. The molecule has 3 amide bonds. The van der Waals surface area contributed by atoms with Crippen LogP contribution in [0.2, 0.25) is 0 Å². The van der Waals surface area contributed by atoms with Gasteiger partial charge in [-0.15, -0.1) is 0 Å². The summed E-state index contributed by atoms with van der Waals surface area (Å²) in [6, 6.07) is 6.49. The van der Waals surface area contributed by atoms with Gasteiger partial charge in [0, 0.05) is 5.56 Å². The lowest BCUT2D eigenvalue weighted by molar-refractivity contribution is -0.153.